The lowest BCUT2D eigenvalue weighted by Crippen LogP contribution is -2.64. The summed E-state index contributed by atoms with van der Waals surface area (Å²) < 4.78 is 27.4. The van der Waals surface area contributed by atoms with Crippen molar-refractivity contribution in [2.24, 2.45) is 5.92 Å². The Labute approximate surface area is 282 Å². The summed E-state index contributed by atoms with van der Waals surface area (Å²) in [6.07, 6.45) is 3.70. The zero-order valence-electron chi connectivity index (χ0n) is 28.2. The van der Waals surface area contributed by atoms with Gasteiger partial charge in [0.2, 0.25) is 0 Å². The SMILES string of the molecule is CCC12CCC(CN(c3nc(OC[C@H](C)CN4CCN(Cc5ccccc5)CC4)nc4c(F)c(Cl)ncc34)C1)N2C(=O)OC(C)(C)C. The molecule has 2 bridgehead atoms. The van der Waals surface area contributed by atoms with Gasteiger partial charge in [0.25, 0.3) is 0 Å². The van der Waals surface area contributed by atoms with Crippen LogP contribution in [0.1, 0.15) is 59.4 Å². The van der Waals surface area contributed by atoms with Gasteiger partial charge in [-0.3, -0.25) is 9.80 Å². The molecule has 0 aliphatic carbocycles. The van der Waals surface area contributed by atoms with Crippen LogP contribution in [0.25, 0.3) is 10.9 Å². The molecule has 1 amide bonds. The van der Waals surface area contributed by atoms with E-state index in [9.17, 15) is 4.79 Å². The number of nitrogens with zero attached hydrogens (tertiary/aromatic N) is 7. The second kappa shape index (κ2) is 13.7. The second-order valence-electron chi connectivity index (χ2n) is 14.4. The molecule has 2 unspecified atom stereocenters. The van der Waals surface area contributed by atoms with Gasteiger partial charge in [-0.25, -0.2) is 14.2 Å². The average Bonchev–Trinajstić information content (AvgIpc) is 3.29. The number of hydrogen-bond donors (Lipinski definition) is 0. The first-order chi connectivity index (χ1) is 22.4. The Kier molecular flexibility index (Phi) is 9.79. The smallest absolute Gasteiger partial charge is 0.411 e. The van der Waals surface area contributed by atoms with Crippen molar-refractivity contribution in [1.82, 2.24) is 29.7 Å². The predicted molar refractivity (Wildman–Crippen MR) is 181 cm³/mol. The van der Waals surface area contributed by atoms with Crippen LogP contribution in [0.3, 0.4) is 0 Å². The second-order valence-corrected chi connectivity index (χ2v) is 14.8. The van der Waals surface area contributed by atoms with Gasteiger partial charge in [-0.15, -0.1) is 0 Å². The van der Waals surface area contributed by atoms with Gasteiger partial charge in [-0.2, -0.15) is 9.97 Å². The van der Waals surface area contributed by atoms with E-state index in [1.807, 2.05) is 25.7 Å². The van der Waals surface area contributed by atoms with E-state index in [0.717, 1.165) is 58.5 Å². The minimum atomic E-state index is -0.695. The quantitative estimate of drug-likeness (QED) is 0.254. The van der Waals surface area contributed by atoms with E-state index in [1.165, 1.54) is 11.8 Å². The zero-order valence-corrected chi connectivity index (χ0v) is 29.0. The molecule has 6 rings (SSSR count). The van der Waals surface area contributed by atoms with E-state index < -0.39 is 17.0 Å². The summed E-state index contributed by atoms with van der Waals surface area (Å²) in [5.41, 5.74) is 0.406. The van der Waals surface area contributed by atoms with Crippen molar-refractivity contribution in [3.63, 3.8) is 0 Å². The summed E-state index contributed by atoms with van der Waals surface area (Å²) in [5.74, 6) is 0.0596. The number of halogens is 2. The summed E-state index contributed by atoms with van der Waals surface area (Å²) in [5, 5.41) is 0.227. The van der Waals surface area contributed by atoms with Crippen molar-refractivity contribution in [1.29, 1.82) is 0 Å². The lowest BCUT2D eigenvalue weighted by Gasteiger charge is -2.49. The molecule has 3 atom stereocenters. The normalized spacial score (nSPS) is 22.9. The molecule has 5 heterocycles. The molecular formula is C35H47ClFN7O3. The summed E-state index contributed by atoms with van der Waals surface area (Å²) >= 11 is 6.11. The van der Waals surface area contributed by atoms with Crippen molar-refractivity contribution in [2.45, 2.75) is 77.6 Å². The fourth-order valence-electron chi connectivity index (χ4n) is 7.34. The fraction of sp³-hybridized carbons (Fsp3) is 0.600. The van der Waals surface area contributed by atoms with Gasteiger partial charge in [0.1, 0.15) is 16.9 Å². The van der Waals surface area contributed by atoms with Crippen molar-refractivity contribution >= 4 is 34.4 Å². The maximum absolute atomic E-state index is 15.4. The van der Waals surface area contributed by atoms with E-state index in [4.69, 9.17) is 26.1 Å². The highest BCUT2D eigenvalue weighted by molar-refractivity contribution is 6.30. The highest BCUT2D eigenvalue weighted by atomic mass is 35.5. The van der Waals surface area contributed by atoms with Crippen molar-refractivity contribution in [3.8, 4) is 6.01 Å². The first-order valence-corrected chi connectivity index (χ1v) is 17.2. The minimum absolute atomic E-state index is 0.0637. The van der Waals surface area contributed by atoms with Gasteiger partial charge in [-0.05, 0) is 45.6 Å². The van der Waals surface area contributed by atoms with Crippen molar-refractivity contribution < 1.29 is 18.7 Å². The number of carbonyl (C=O) groups is 1. The number of anilines is 1. The predicted octanol–water partition coefficient (Wildman–Crippen LogP) is 6.02. The lowest BCUT2D eigenvalue weighted by atomic mass is 9.91. The maximum atomic E-state index is 15.4. The molecule has 0 saturated carbocycles. The number of ether oxygens (including phenoxy) is 2. The van der Waals surface area contributed by atoms with Crippen LogP contribution in [0.2, 0.25) is 5.15 Å². The van der Waals surface area contributed by atoms with Crippen LogP contribution in [0.15, 0.2) is 36.5 Å². The van der Waals surface area contributed by atoms with E-state index in [-0.39, 0.29) is 34.7 Å². The van der Waals surface area contributed by atoms with Crippen LogP contribution in [0.5, 0.6) is 6.01 Å². The summed E-state index contributed by atoms with van der Waals surface area (Å²) in [6, 6.07) is 10.6. The van der Waals surface area contributed by atoms with E-state index in [0.29, 0.717) is 30.9 Å². The van der Waals surface area contributed by atoms with E-state index >= 15 is 4.39 Å². The first-order valence-electron chi connectivity index (χ1n) is 16.8. The van der Waals surface area contributed by atoms with Crippen LogP contribution in [-0.4, -0.2) is 105 Å². The van der Waals surface area contributed by atoms with Crippen molar-refractivity contribution in [3.05, 3.63) is 53.1 Å². The van der Waals surface area contributed by atoms with Crippen LogP contribution >= 0.6 is 11.6 Å². The van der Waals surface area contributed by atoms with E-state index in [2.05, 4.69) is 68.8 Å². The Balaban J connectivity index is 1.15. The molecule has 3 aromatic rings. The molecule has 0 N–H and O–H groups in total. The third kappa shape index (κ3) is 7.42. The number of aromatic nitrogens is 3. The monoisotopic (exact) mass is 667 g/mol. The summed E-state index contributed by atoms with van der Waals surface area (Å²) in [7, 11) is 0. The minimum Gasteiger partial charge on any atom is -0.463 e. The molecule has 0 radical (unpaired) electrons. The van der Waals surface area contributed by atoms with Crippen LogP contribution in [0, 0.1) is 11.7 Å². The molecule has 0 spiro atoms. The number of carbonyl (C=O) groups excluding carboxylic acids is 1. The zero-order chi connectivity index (χ0) is 33.3. The Bertz CT molecular complexity index is 1570. The molecule has 3 fully saturated rings. The molecule has 47 heavy (non-hydrogen) atoms. The first kappa shape index (κ1) is 33.6. The third-order valence-electron chi connectivity index (χ3n) is 9.67. The number of benzene rings is 1. The summed E-state index contributed by atoms with van der Waals surface area (Å²) in [6.45, 7) is 17.3. The maximum Gasteiger partial charge on any atom is 0.411 e. The molecule has 2 aromatic heterocycles. The number of pyridine rings is 1. The van der Waals surface area contributed by atoms with Gasteiger partial charge in [0, 0.05) is 64.5 Å². The molecule has 254 valence electrons. The number of amides is 1. The van der Waals surface area contributed by atoms with Crippen LogP contribution < -0.4 is 9.64 Å². The number of piperazine rings is 2. The highest BCUT2D eigenvalue weighted by Crippen LogP contribution is 2.44. The largest absolute Gasteiger partial charge is 0.463 e. The third-order valence-corrected chi connectivity index (χ3v) is 9.93. The van der Waals surface area contributed by atoms with Gasteiger partial charge in [-0.1, -0.05) is 55.8 Å². The van der Waals surface area contributed by atoms with E-state index in [1.54, 1.807) is 0 Å². The molecule has 12 heteroatoms. The van der Waals surface area contributed by atoms with Gasteiger partial charge < -0.3 is 19.3 Å². The topological polar surface area (TPSA) is 87.2 Å². The molecule has 3 aliphatic heterocycles. The Morgan fingerprint density at radius 2 is 1.85 bits per heavy atom. The van der Waals surface area contributed by atoms with Crippen molar-refractivity contribution in [2.75, 3.05) is 57.3 Å². The Morgan fingerprint density at radius 1 is 1.13 bits per heavy atom. The van der Waals surface area contributed by atoms with Gasteiger partial charge in [0.05, 0.1) is 23.6 Å². The average molecular weight is 668 g/mol. The molecule has 10 nitrogen and oxygen atoms in total. The van der Waals surface area contributed by atoms with Gasteiger partial charge >= 0.3 is 12.1 Å². The molecular weight excluding hydrogens is 621 g/mol. The van der Waals surface area contributed by atoms with Gasteiger partial charge in [0.15, 0.2) is 11.0 Å². The lowest BCUT2D eigenvalue weighted by molar-refractivity contribution is -0.00735. The molecule has 3 saturated heterocycles. The molecule has 1 aromatic carbocycles. The fourth-order valence-corrected chi connectivity index (χ4v) is 7.47. The molecule has 3 aliphatic rings. The standard InChI is InChI=1S/C35H47ClFN7O3/c1-6-35-13-12-26(44(35)33(45)47-34(3,4)5)21-43(23-35)31-27-18-38-30(36)28(37)29(27)39-32(40-31)46-22-24(2)19-41-14-16-42(17-15-41)20-25-10-8-7-9-11-25/h7-11,18,24,26H,6,12-17,19-23H2,1-5H3/t24-,26?,35?/m1/s1. The van der Waals surface area contributed by atoms with Crippen LogP contribution in [0.4, 0.5) is 15.0 Å². The summed E-state index contributed by atoms with van der Waals surface area (Å²) in [4.78, 5) is 35.8. The Hall–Kier alpha value is -3.28. The van der Waals surface area contributed by atoms with Crippen LogP contribution in [-0.2, 0) is 11.3 Å². The number of fused-ring (bicyclic) bond motifs is 3. The number of rotatable bonds is 9. The highest BCUT2D eigenvalue weighted by Gasteiger charge is 2.54. The number of hydrogen-bond acceptors (Lipinski definition) is 9. The Morgan fingerprint density at radius 3 is 2.55 bits per heavy atom.